The molecule has 0 bridgehead atoms. The van der Waals surface area contributed by atoms with Gasteiger partial charge in [0, 0.05) is 14.2 Å². The molecule has 30 atom stereocenters. The number of hydrogen-bond acceptors (Lipinski definition) is 30. The minimum Gasteiger partial charge on any atom is -0.394 e. The van der Waals surface area contributed by atoms with Gasteiger partial charge in [0.1, 0.15) is 140 Å². The van der Waals surface area contributed by atoms with Gasteiger partial charge in [-0.15, -0.1) is 0 Å². The van der Waals surface area contributed by atoms with Crippen LogP contribution in [0, 0.1) is 0 Å². The fraction of sp³-hybridized carbons (Fsp3) is 1.00. The predicted octanol–water partition coefficient (Wildman–Crippen LogP) is -11.4. The van der Waals surface area contributed by atoms with Crippen LogP contribution in [0.5, 0.6) is 0 Å². The molecule has 6 fully saturated rings. The second-order valence-electron chi connectivity index (χ2n) is 17.5. The van der Waals surface area contributed by atoms with Crippen molar-refractivity contribution in [3.8, 4) is 0 Å². The maximum Gasteiger partial charge on any atom is 0.187 e. The van der Waals surface area contributed by atoms with E-state index in [2.05, 4.69) is 0 Å². The van der Waals surface area contributed by atoms with Crippen molar-refractivity contribution in [2.75, 3.05) is 47.3 Å². The van der Waals surface area contributed by atoms with Gasteiger partial charge >= 0.3 is 0 Å². The molecule has 404 valence electrons. The van der Waals surface area contributed by atoms with Gasteiger partial charge in [-0.25, -0.2) is 0 Å². The van der Waals surface area contributed by atoms with Crippen LogP contribution >= 0.6 is 0 Å². The second-order valence-corrected chi connectivity index (χ2v) is 17.5. The van der Waals surface area contributed by atoms with Crippen LogP contribution in [0.15, 0.2) is 0 Å². The molecule has 0 aromatic carbocycles. The molecule has 17 N–H and O–H groups in total. The Morgan fingerprint density at radius 2 is 0.623 bits per heavy atom. The lowest BCUT2D eigenvalue weighted by atomic mass is 9.95. The Bertz CT molecular complexity index is 1540. The fourth-order valence-corrected chi connectivity index (χ4v) is 8.93. The van der Waals surface area contributed by atoms with Gasteiger partial charge in [0.2, 0.25) is 0 Å². The number of ether oxygens (including phenoxy) is 13. The summed E-state index contributed by atoms with van der Waals surface area (Å²) >= 11 is 0. The van der Waals surface area contributed by atoms with Gasteiger partial charge in [0.15, 0.2) is 37.7 Å². The molecule has 0 saturated carbocycles. The molecule has 0 spiro atoms. The molecule has 0 aromatic rings. The number of aliphatic hydroxyl groups is 17. The smallest absolute Gasteiger partial charge is 0.187 e. The Morgan fingerprint density at radius 1 is 0.319 bits per heavy atom. The van der Waals surface area contributed by atoms with Crippen LogP contribution in [0.1, 0.15) is 13.3 Å². The molecule has 6 rings (SSSR count). The van der Waals surface area contributed by atoms with Gasteiger partial charge in [0.25, 0.3) is 0 Å². The summed E-state index contributed by atoms with van der Waals surface area (Å²) < 4.78 is 72.4. The maximum atomic E-state index is 11.3. The van der Waals surface area contributed by atoms with Crippen LogP contribution in [0.25, 0.3) is 0 Å². The molecule has 6 aliphatic rings. The van der Waals surface area contributed by atoms with E-state index in [1.165, 1.54) is 14.2 Å². The van der Waals surface area contributed by atoms with Gasteiger partial charge in [-0.1, -0.05) is 6.92 Å². The van der Waals surface area contributed by atoms with Gasteiger partial charge in [-0.3, -0.25) is 0 Å². The zero-order chi connectivity index (χ0) is 50.8. The summed E-state index contributed by atoms with van der Waals surface area (Å²) in [7, 11) is 2.41. The minimum atomic E-state index is -2.06. The van der Waals surface area contributed by atoms with E-state index < -0.39 is 211 Å². The highest BCUT2D eigenvalue weighted by Gasteiger charge is 2.56. The normalized spacial score (nSPS) is 52.2. The summed E-state index contributed by atoms with van der Waals surface area (Å²) in [6, 6.07) is 0. The van der Waals surface area contributed by atoms with Crippen LogP contribution in [-0.4, -0.2) is 318 Å². The average molecular weight is 1020 g/mol. The standard InChI is InChI=1S/C39H68O30/c1-4-10-16(43)18(45)24(51)36(60-10)66-31-12(6-41)63-39(29(56)23(31)50)69-33-15(8-57-2)65-35(27(54)21(33)48)59-9-14-17(44)19(46)25(52)37(64-14)67-32-13(7-42)62-38(28(55)22(32)49)68-30-11(5-40)61-34(58-3)26(53)20(30)47/h10-56H,4-9H2,1-3H3. The zero-order valence-corrected chi connectivity index (χ0v) is 37.5. The Kier molecular flexibility index (Phi) is 20.6. The lowest BCUT2D eigenvalue weighted by Gasteiger charge is -2.48. The van der Waals surface area contributed by atoms with E-state index in [-0.39, 0.29) is 13.0 Å². The lowest BCUT2D eigenvalue weighted by molar-refractivity contribution is -0.385. The predicted molar refractivity (Wildman–Crippen MR) is 212 cm³/mol. The molecular weight excluding hydrogens is 948 g/mol. The molecule has 6 saturated heterocycles. The summed E-state index contributed by atoms with van der Waals surface area (Å²) in [6.45, 7) is -2.11. The van der Waals surface area contributed by atoms with Crippen LogP contribution in [-0.2, 0) is 61.6 Å². The second kappa shape index (κ2) is 24.9. The highest BCUT2D eigenvalue weighted by Crippen LogP contribution is 2.36. The summed E-state index contributed by atoms with van der Waals surface area (Å²) in [5.41, 5.74) is 0. The summed E-state index contributed by atoms with van der Waals surface area (Å²) in [5, 5.41) is 182. The Morgan fingerprint density at radius 3 is 1.00 bits per heavy atom. The summed E-state index contributed by atoms with van der Waals surface area (Å²) in [4.78, 5) is 0. The lowest BCUT2D eigenvalue weighted by Crippen LogP contribution is -2.67. The summed E-state index contributed by atoms with van der Waals surface area (Å²) in [6.07, 6.45) is -51.7. The molecule has 6 heterocycles. The van der Waals surface area contributed by atoms with Crippen molar-refractivity contribution in [3.05, 3.63) is 0 Å². The Balaban J connectivity index is 1.07. The summed E-state index contributed by atoms with van der Waals surface area (Å²) in [5.74, 6) is 0. The maximum absolute atomic E-state index is 11.3. The molecule has 30 heteroatoms. The number of rotatable bonds is 18. The molecule has 0 aliphatic carbocycles. The topological polar surface area (TPSA) is 464 Å². The minimum absolute atomic E-state index is 0.188. The number of methoxy groups -OCH3 is 2. The van der Waals surface area contributed by atoms with Crippen LogP contribution in [0.4, 0.5) is 0 Å². The number of aliphatic hydroxyl groups excluding tert-OH is 17. The van der Waals surface area contributed by atoms with E-state index in [4.69, 9.17) is 61.6 Å². The third-order valence-corrected chi connectivity index (χ3v) is 13.0. The first kappa shape index (κ1) is 57.1. The SMILES string of the molecule is CCC1OC(OC2C(CO)OC(OC3C(COC)OC(OCC4OC(OC5C(CO)OC(OC6C(CO)OC(OC)C(O)C6O)C(O)C5O)C(O)C(O)C4O)C(O)C3O)C(O)C2O)C(O)C(O)C1O. The molecule has 0 amide bonds. The highest BCUT2D eigenvalue weighted by atomic mass is 16.8. The molecule has 30 unspecified atom stereocenters. The third kappa shape index (κ3) is 12.0. The Labute approximate surface area is 393 Å². The van der Waals surface area contributed by atoms with Crippen molar-refractivity contribution in [2.24, 2.45) is 0 Å². The fourth-order valence-electron chi connectivity index (χ4n) is 8.93. The monoisotopic (exact) mass is 1020 g/mol. The first-order valence-corrected chi connectivity index (χ1v) is 22.3. The first-order valence-electron chi connectivity index (χ1n) is 22.3. The van der Waals surface area contributed by atoms with E-state index in [0.29, 0.717) is 0 Å². The quantitative estimate of drug-likeness (QED) is 0.0606. The zero-order valence-electron chi connectivity index (χ0n) is 37.5. The van der Waals surface area contributed by atoms with E-state index in [0.717, 1.165) is 0 Å². The molecule has 69 heavy (non-hydrogen) atoms. The molecule has 0 radical (unpaired) electrons. The van der Waals surface area contributed by atoms with E-state index in [9.17, 15) is 86.8 Å². The van der Waals surface area contributed by atoms with Crippen LogP contribution in [0.2, 0.25) is 0 Å². The van der Waals surface area contributed by atoms with Crippen molar-refractivity contribution >= 4 is 0 Å². The van der Waals surface area contributed by atoms with E-state index >= 15 is 0 Å². The average Bonchev–Trinajstić information content (AvgIpc) is 3.34. The number of hydrogen-bond donors (Lipinski definition) is 17. The molecule has 30 nitrogen and oxygen atoms in total. The molecule has 0 aromatic heterocycles. The largest absolute Gasteiger partial charge is 0.394 e. The van der Waals surface area contributed by atoms with Gasteiger partial charge in [-0.2, -0.15) is 0 Å². The van der Waals surface area contributed by atoms with Crippen LogP contribution in [0.3, 0.4) is 0 Å². The van der Waals surface area contributed by atoms with Crippen molar-refractivity contribution < 1.29 is 148 Å². The molecular formula is C39H68O30. The van der Waals surface area contributed by atoms with Crippen molar-refractivity contribution in [1.82, 2.24) is 0 Å². The van der Waals surface area contributed by atoms with Crippen molar-refractivity contribution in [3.63, 3.8) is 0 Å². The van der Waals surface area contributed by atoms with Gasteiger partial charge < -0.3 is 148 Å². The van der Waals surface area contributed by atoms with Crippen molar-refractivity contribution in [2.45, 2.75) is 198 Å². The van der Waals surface area contributed by atoms with E-state index in [1.807, 2.05) is 0 Å². The van der Waals surface area contributed by atoms with E-state index in [1.54, 1.807) is 6.92 Å². The van der Waals surface area contributed by atoms with Gasteiger partial charge in [0.05, 0.1) is 39.1 Å². The van der Waals surface area contributed by atoms with Crippen LogP contribution < -0.4 is 0 Å². The Hall–Kier alpha value is -1.20. The first-order chi connectivity index (χ1) is 32.8. The molecule has 6 aliphatic heterocycles. The van der Waals surface area contributed by atoms with Crippen molar-refractivity contribution in [1.29, 1.82) is 0 Å². The van der Waals surface area contributed by atoms with Gasteiger partial charge in [-0.05, 0) is 6.42 Å². The highest BCUT2D eigenvalue weighted by molar-refractivity contribution is 4.99. The third-order valence-electron chi connectivity index (χ3n) is 13.0.